The molecule has 0 bridgehead atoms. The Kier molecular flexibility index (Phi) is 12.1. The van der Waals surface area contributed by atoms with E-state index in [9.17, 15) is 9.90 Å². The molecule has 2 unspecified atom stereocenters. The minimum atomic E-state index is 0. The molecule has 3 aromatic rings. The van der Waals surface area contributed by atoms with Gasteiger partial charge in [-0.2, -0.15) is 17.7 Å². The fourth-order valence-electron chi connectivity index (χ4n) is 7.35. The number of allylic oxidation sites excluding steroid dienone is 10. The van der Waals surface area contributed by atoms with Gasteiger partial charge in [0.05, 0.1) is 5.76 Å². The largest absolute Gasteiger partial charge is 0.512 e. The third-order valence-electron chi connectivity index (χ3n) is 10.0. The number of carbonyl (C=O) groups is 1. The molecule has 1 aliphatic carbocycles. The van der Waals surface area contributed by atoms with Crippen LogP contribution in [-0.4, -0.2) is 27.5 Å². The van der Waals surface area contributed by atoms with E-state index in [-0.39, 0.29) is 50.3 Å². The van der Waals surface area contributed by atoms with E-state index >= 15 is 0 Å². The average Bonchev–Trinajstić information content (AvgIpc) is 3.13. The fraction of sp³-hybridized carbons (Fsp3) is 0.286. The van der Waals surface area contributed by atoms with Crippen molar-refractivity contribution in [3.63, 3.8) is 0 Å². The van der Waals surface area contributed by atoms with Crippen molar-refractivity contribution in [2.75, 3.05) is 4.90 Å². The van der Waals surface area contributed by atoms with Gasteiger partial charge in [0, 0.05) is 61.3 Å². The Morgan fingerprint density at radius 2 is 1.61 bits per heavy atom. The van der Waals surface area contributed by atoms with E-state index in [1.807, 2.05) is 46.0 Å². The molecular formula is C42H45BIrN3O2-. The Labute approximate surface area is 306 Å². The molecule has 0 amide bonds. The summed E-state index contributed by atoms with van der Waals surface area (Å²) in [6.07, 6.45) is 23.9. The van der Waals surface area contributed by atoms with Gasteiger partial charge in [0.15, 0.2) is 5.78 Å². The normalized spacial score (nSPS) is 18.7. The number of pyridine rings is 1. The van der Waals surface area contributed by atoms with Crippen LogP contribution in [0.5, 0.6) is 0 Å². The summed E-state index contributed by atoms with van der Waals surface area (Å²) in [6, 6.07) is 25.6. The van der Waals surface area contributed by atoms with Gasteiger partial charge in [-0.3, -0.25) is 9.69 Å². The molecule has 0 spiro atoms. The molecule has 1 radical (unpaired) electrons. The van der Waals surface area contributed by atoms with Gasteiger partial charge in [-0.1, -0.05) is 94.2 Å². The Morgan fingerprint density at radius 3 is 2.31 bits per heavy atom. The van der Waals surface area contributed by atoms with E-state index in [1.54, 1.807) is 0 Å². The summed E-state index contributed by atoms with van der Waals surface area (Å²) in [5.41, 5.74) is 7.08. The van der Waals surface area contributed by atoms with Crippen molar-refractivity contribution in [1.82, 2.24) is 9.79 Å². The van der Waals surface area contributed by atoms with E-state index in [4.69, 9.17) is 0 Å². The van der Waals surface area contributed by atoms with Crippen LogP contribution in [0.1, 0.15) is 59.1 Å². The molecule has 7 rings (SSSR count). The second-order valence-electron chi connectivity index (χ2n) is 12.8. The number of benzene rings is 2. The molecule has 0 saturated heterocycles. The predicted octanol–water partition coefficient (Wildman–Crippen LogP) is 9.35. The first kappa shape index (κ1) is 36.1. The van der Waals surface area contributed by atoms with E-state index in [1.165, 1.54) is 34.4 Å². The maximum Gasteiger partial charge on any atom is 0.293 e. The molecule has 3 aliphatic heterocycles. The summed E-state index contributed by atoms with van der Waals surface area (Å²) < 4.78 is 0. The van der Waals surface area contributed by atoms with Gasteiger partial charge in [0.2, 0.25) is 0 Å². The molecular weight excluding hydrogens is 782 g/mol. The third kappa shape index (κ3) is 7.39. The van der Waals surface area contributed by atoms with Crippen molar-refractivity contribution in [2.45, 2.75) is 59.2 Å². The second kappa shape index (κ2) is 16.5. The number of carbonyl (C=O) groups excluding carboxylic acids is 1. The van der Waals surface area contributed by atoms with Crippen LogP contribution in [0.15, 0.2) is 139 Å². The molecule has 0 saturated carbocycles. The Balaban J connectivity index is 0.000000252. The van der Waals surface area contributed by atoms with Crippen molar-refractivity contribution < 1.29 is 30.0 Å². The number of aromatic nitrogens is 1. The summed E-state index contributed by atoms with van der Waals surface area (Å²) in [5, 5.41) is 9.76. The number of nitrogens with zero attached hydrogens (tertiary/aromatic N) is 3. The quantitative estimate of drug-likeness (QED) is 0.101. The number of aliphatic hydroxyl groups is 1. The molecule has 1 N–H and O–H groups in total. The molecule has 49 heavy (non-hydrogen) atoms. The van der Waals surface area contributed by atoms with Crippen LogP contribution in [0, 0.1) is 23.8 Å². The van der Waals surface area contributed by atoms with E-state index in [0.717, 1.165) is 37.0 Å². The molecule has 4 aliphatic rings. The standard InChI is InChI=1S/C29H21BN3.C13H24O2.Ir/c1-2-9-23(10-3-1)32-28-14-5-4-12-25(28)30-26-20-22(27-13-6-7-18-31-27)17-16-21(26)19-24-11-8-15-29(32)33(24)30;1-5-10(6-2)12(14)9-13(15)11(7-3)8-4;/h1-16,18-21,26H;9-11,14H,5-8H2,1-4H3;/q-1;;/b;12-9-;. The van der Waals surface area contributed by atoms with Gasteiger partial charge in [-0.25, -0.2) is 0 Å². The molecule has 1 aromatic heterocycles. The SMILES string of the molecule is CCC(CC)C(=O)/C=C(\O)C(CC)CC.[C-]1=CC2C=C3C=CC=C4N3B(c3ccccc3N4c3ccccc3)C2C=C1c1ccccn1.[Ir]. The molecule has 4 heterocycles. The van der Waals surface area contributed by atoms with Gasteiger partial charge >= 0.3 is 0 Å². The zero-order chi connectivity index (χ0) is 33.6. The van der Waals surface area contributed by atoms with Crippen LogP contribution < -0.4 is 10.4 Å². The molecule has 5 nitrogen and oxygen atoms in total. The minimum absolute atomic E-state index is 0. The number of hydrogen-bond acceptors (Lipinski definition) is 5. The van der Waals surface area contributed by atoms with Crippen molar-refractivity contribution in [1.29, 1.82) is 0 Å². The monoisotopic (exact) mass is 827 g/mol. The van der Waals surface area contributed by atoms with Crippen LogP contribution in [0.4, 0.5) is 11.4 Å². The van der Waals surface area contributed by atoms with Gasteiger partial charge in [-0.15, -0.1) is 6.08 Å². The first-order valence-electron chi connectivity index (χ1n) is 17.5. The van der Waals surface area contributed by atoms with Crippen molar-refractivity contribution in [2.24, 2.45) is 17.8 Å². The average molecular weight is 827 g/mol. The molecule has 2 aromatic carbocycles. The van der Waals surface area contributed by atoms with E-state index < -0.39 is 0 Å². The van der Waals surface area contributed by atoms with Crippen LogP contribution in [0.3, 0.4) is 0 Å². The van der Waals surface area contributed by atoms with Gasteiger partial charge in [-0.05, 0) is 79.2 Å². The Morgan fingerprint density at radius 1 is 0.918 bits per heavy atom. The van der Waals surface area contributed by atoms with Crippen molar-refractivity contribution >= 4 is 35.0 Å². The maximum atomic E-state index is 11.7. The number of aliphatic hydroxyl groups excluding tert-OH is 1. The number of anilines is 2. The van der Waals surface area contributed by atoms with Crippen LogP contribution in [0.2, 0.25) is 5.82 Å². The van der Waals surface area contributed by atoms with E-state index in [2.05, 4.69) is 118 Å². The molecule has 2 atom stereocenters. The Hall–Kier alpha value is -4.19. The van der Waals surface area contributed by atoms with Crippen LogP contribution in [0.25, 0.3) is 5.57 Å². The summed E-state index contributed by atoms with van der Waals surface area (Å²) in [5.74, 6) is 2.34. The zero-order valence-electron chi connectivity index (χ0n) is 28.8. The summed E-state index contributed by atoms with van der Waals surface area (Å²) in [7, 11) is 0. The van der Waals surface area contributed by atoms with Gasteiger partial charge < -0.3 is 14.9 Å². The zero-order valence-corrected chi connectivity index (χ0v) is 31.2. The smallest absolute Gasteiger partial charge is 0.293 e. The molecule has 253 valence electrons. The summed E-state index contributed by atoms with van der Waals surface area (Å²) in [6.45, 7) is 8.28. The summed E-state index contributed by atoms with van der Waals surface area (Å²) in [4.78, 5) is 21.2. The van der Waals surface area contributed by atoms with Crippen LogP contribution >= 0.6 is 0 Å². The number of fused-ring (bicyclic) bond motifs is 4. The van der Waals surface area contributed by atoms with Gasteiger partial charge in [0.25, 0.3) is 6.85 Å². The molecule has 0 fully saturated rings. The van der Waals surface area contributed by atoms with Crippen molar-refractivity contribution in [3.05, 3.63) is 151 Å². The summed E-state index contributed by atoms with van der Waals surface area (Å²) >= 11 is 0. The molecule has 7 heteroatoms. The predicted molar refractivity (Wildman–Crippen MR) is 199 cm³/mol. The minimum Gasteiger partial charge on any atom is -0.512 e. The first-order valence-corrected chi connectivity index (χ1v) is 17.5. The first-order chi connectivity index (χ1) is 23.5. The topological polar surface area (TPSA) is 56.7 Å². The third-order valence-corrected chi connectivity index (χ3v) is 10.0. The fourth-order valence-corrected chi connectivity index (χ4v) is 7.35. The number of hydrogen-bond donors (Lipinski definition) is 1. The number of para-hydroxylation sites is 2. The number of ketones is 1. The van der Waals surface area contributed by atoms with Crippen molar-refractivity contribution in [3.8, 4) is 0 Å². The van der Waals surface area contributed by atoms with Crippen LogP contribution in [-0.2, 0) is 24.9 Å². The number of rotatable bonds is 9. The second-order valence-corrected chi connectivity index (χ2v) is 12.8. The van der Waals surface area contributed by atoms with E-state index in [0.29, 0.717) is 11.7 Å². The van der Waals surface area contributed by atoms with Gasteiger partial charge in [0.1, 0.15) is 5.82 Å². The maximum absolute atomic E-state index is 11.7. The Bertz CT molecular complexity index is 1790.